The summed E-state index contributed by atoms with van der Waals surface area (Å²) < 4.78 is 20.8. The highest BCUT2D eigenvalue weighted by Crippen LogP contribution is 2.29. The van der Waals surface area contributed by atoms with Crippen LogP contribution in [-0.4, -0.2) is 23.9 Å². The van der Waals surface area contributed by atoms with Gasteiger partial charge in [0.05, 0.1) is 0 Å². The lowest BCUT2D eigenvalue weighted by Crippen LogP contribution is -2.10. The van der Waals surface area contributed by atoms with Crippen LogP contribution in [0.2, 0.25) is 0 Å². The predicted octanol–water partition coefficient (Wildman–Crippen LogP) is 5.51. The molecule has 8 heteroatoms. The van der Waals surface area contributed by atoms with Crippen molar-refractivity contribution in [1.82, 2.24) is 0 Å². The number of hydrogen-bond donors (Lipinski definition) is 0. The van der Waals surface area contributed by atoms with Crippen molar-refractivity contribution in [2.45, 2.75) is 13.8 Å². The molecule has 0 saturated heterocycles. The van der Waals surface area contributed by atoms with Crippen LogP contribution in [0.1, 0.15) is 19.4 Å². The van der Waals surface area contributed by atoms with E-state index in [1.165, 1.54) is 31.2 Å². The summed E-state index contributed by atoms with van der Waals surface area (Å²) in [6.45, 7) is 13.4. The molecule has 8 nitrogen and oxygen atoms in total. The third-order valence-electron chi connectivity index (χ3n) is 4.82. The highest BCUT2D eigenvalue weighted by Gasteiger charge is 2.13. The summed E-state index contributed by atoms with van der Waals surface area (Å²) in [7, 11) is 0. The zero-order valence-corrected chi connectivity index (χ0v) is 20.8. The van der Waals surface area contributed by atoms with Crippen molar-refractivity contribution in [3.8, 4) is 23.0 Å². The van der Waals surface area contributed by atoms with E-state index in [1.807, 2.05) is 12.1 Å². The Bertz CT molecular complexity index is 1510. The first-order chi connectivity index (χ1) is 18.0. The van der Waals surface area contributed by atoms with Crippen molar-refractivity contribution in [3.63, 3.8) is 0 Å². The second kappa shape index (κ2) is 12.1. The zero-order valence-electron chi connectivity index (χ0n) is 20.8. The summed E-state index contributed by atoms with van der Waals surface area (Å²) >= 11 is 0. The number of carbonyl (C=O) groups excluding carboxylic acids is 4. The molecule has 3 aromatic rings. The van der Waals surface area contributed by atoms with Gasteiger partial charge in [0.2, 0.25) is 0 Å². The number of hydrogen-bond acceptors (Lipinski definition) is 8. The van der Waals surface area contributed by atoms with Gasteiger partial charge in [-0.3, -0.25) is 0 Å². The van der Waals surface area contributed by atoms with Crippen LogP contribution in [-0.2, 0) is 19.2 Å². The molecule has 0 fully saturated rings. The van der Waals surface area contributed by atoms with Crippen LogP contribution in [0.5, 0.6) is 23.0 Å². The van der Waals surface area contributed by atoms with E-state index in [9.17, 15) is 19.2 Å². The van der Waals surface area contributed by atoms with Gasteiger partial charge in [0.1, 0.15) is 23.0 Å². The lowest BCUT2D eigenvalue weighted by molar-refractivity contribution is -0.131. The van der Waals surface area contributed by atoms with Gasteiger partial charge in [-0.2, -0.15) is 0 Å². The average Bonchev–Trinajstić information content (AvgIpc) is 2.87. The monoisotopic (exact) mass is 512 g/mol. The van der Waals surface area contributed by atoms with Crippen LogP contribution in [0.25, 0.3) is 16.8 Å². The summed E-state index contributed by atoms with van der Waals surface area (Å²) in [6, 6.07) is 14.5. The lowest BCUT2D eigenvalue weighted by atomic mass is 10.1. The van der Waals surface area contributed by atoms with Crippen molar-refractivity contribution >= 4 is 40.7 Å². The number of carbonyl (C=O) groups is 4. The summed E-state index contributed by atoms with van der Waals surface area (Å²) in [4.78, 5) is 47.7. The maximum absolute atomic E-state index is 12.5. The van der Waals surface area contributed by atoms with Gasteiger partial charge >= 0.3 is 23.9 Å². The molecule has 0 aromatic heterocycles. The Morgan fingerprint density at radius 2 is 1.13 bits per heavy atom. The van der Waals surface area contributed by atoms with E-state index in [0.717, 1.165) is 16.8 Å². The van der Waals surface area contributed by atoms with Gasteiger partial charge in [0.15, 0.2) is 0 Å². The minimum atomic E-state index is -0.747. The highest BCUT2D eigenvalue weighted by atomic mass is 16.6. The molecule has 0 heterocycles. The van der Waals surface area contributed by atoms with Gasteiger partial charge in [-0.15, -0.1) is 0 Å². The molecule has 0 atom stereocenters. The highest BCUT2D eigenvalue weighted by molar-refractivity contribution is 5.93. The van der Waals surface area contributed by atoms with Crippen molar-refractivity contribution in [1.29, 1.82) is 0 Å². The molecule has 0 saturated carbocycles. The third-order valence-corrected chi connectivity index (χ3v) is 4.82. The fourth-order valence-electron chi connectivity index (χ4n) is 2.99. The third kappa shape index (κ3) is 7.63. The standard InChI is InChI=1S/C30H24O8/c1-6-27(31)35-24-15-25(17-26(16-24)38-30(34)19(4)5)36-28(32)12-8-20-7-9-22-14-23(11-10-21(22)13-20)37-29(33)18(2)3/h6-17H,1-2,4H2,3,5H3/b12-8+. The van der Waals surface area contributed by atoms with Crippen LogP contribution < -0.4 is 18.9 Å². The molecule has 0 aliphatic rings. The van der Waals surface area contributed by atoms with Crippen molar-refractivity contribution in [3.05, 3.63) is 103 Å². The Labute approximate surface area is 219 Å². The Balaban J connectivity index is 1.76. The first kappa shape index (κ1) is 27.3. The minimum Gasteiger partial charge on any atom is -0.423 e. The van der Waals surface area contributed by atoms with Gasteiger partial charge in [-0.1, -0.05) is 37.9 Å². The van der Waals surface area contributed by atoms with Gasteiger partial charge < -0.3 is 18.9 Å². The van der Waals surface area contributed by atoms with E-state index >= 15 is 0 Å². The van der Waals surface area contributed by atoms with E-state index in [2.05, 4.69) is 19.7 Å². The normalized spacial score (nSPS) is 10.5. The summed E-state index contributed by atoms with van der Waals surface area (Å²) in [6.07, 6.45) is 3.73. The van der Waals surface area contributed by atoms with E-state index in [-0.39, 0.29) is 22.8 Å². The molecule has 0 aliphatic carbocycles. The molecule has 0 N–H and O–H groups in total. The van der Waals surface area contributed by atoms with E-state index < -0.39 is 23.9 Å². The molecule has 192 valence electrons. The van der Waals surface area contributed by atoms with E-state index in [4.69, 9.17) is 18.9 Å². The number of fused-ring (bicyclic) bond motifs is 1. The number of esters is 4. The molecule has 0 unspecified atom stereocenters. The molecule has 3 aromatic carbocycles. The van der Waals surface area contributed by atoms with Gasteiger partial charge in [0.25, 0.3) is 0 Å². The Morgan fingerprint density at radius 1 is 0.632 bits per heavy atom. The van der Waals surface area contributed by atoms with Crippen molar-refractivity contribution < 1.29 is 38.1 Å². The molecule has 0 aliphatic heterocycles. The second-order valence-electron chi connectivity index (χ2n) is 8.13. The summed E-state index contributed by atoms with van der Waals surface area (Å²) in [5.41, 5.74) is 1.16. The van der Waals surface area contributed by atoms with Gasteiger partial charge in [-0.25, -0.2) is 19.2 Å². The Hall–Kier alpha value is -5.24. The summed E-state index contributed by atoms with van der Waals surface area (Å²) in [5.74, 6) is -2.33. The van der Waals surface area contributed by atoms with Crippen LogP contribution in [0, 0.1) is 0 Å². The molecule has 3 rings (SSSR count). The lowest BCUT2D eigenvalue weighted by Gasteiger charge is -2.10. The fraction of sp³-hybridized carbons (Fsp3) is 0.0667. The number of rotatable bonds is 9. The molecule has 0 spiro atoms. The first-order valence-corrected chi connectivity index (χ1v) is 11.2. The van der Waals surface area contributed by atoms with Crippen LogP contribution in [0.3, 0.4) is 0 Å². The fourth-order valence-corrected chi connectivity index (χ4v) is 2.99. The molecule has 38 heavy (non-hydrogen) atoms. The number of benzene rings is 3. The van der Waals surface area contributed by atoms with Crippen molar-refractivity contribution in [2.24, 2.45) is 0 Å². The quantitative estimate of drug-likeness (QED) is 0.210. The largest absolute Gasteiger partial charge is 0.423 e. The minimum absolute atomic E-state index is 0.0121. The summed E-state index contributed by atoms with van der Waals surface area (Å²) in [5, 5.41) is 1.69. The Morgan fingerprint density at radius 3 is 1.71 bits per heavy atom. The number of ether oxygens (including phenoxy) is 4. The van der Waals surface area contributed by atoms with E-state index in [1.54, 1.807) is 37.3 Å². The van der Waals surface area contributed by atoms with Crippen LogP contribution >= 0.6 is 0 Å². The molecular weight excluding hydrogens is 488 g/mol. The molecule has 0 radical (unpaired) electrons. The maximum atomic E-state index is 12.5. The Kier molecular flexibility index (Phi) is 8.73. The van der Waals surface area contributed by atoms with Crippen LogP contribution in [0.4, 0.5) is 0 Å². The predicted molar refractivity (Wildman–Crippen MR) is 142 cm³/mol. The second-order valence-corrected chi connectivity index (χ2v) is 8.13. The zero-order chi connectivity index (χ0) is 27.8. The molecule has 0 amide bonds. The topological polar surface area (TPSA) is 105 Å². The molecular formula is C30H24O8. The molecule has 0 bridgehead atoms. The smallest absolute Gasteiger partial charge is 0.338 e. The maximum Gasteiger partial charge on any atom is 0.338 e. The SMILES string of the molecule is C=CC(=O)Oc1cc(OC(=O)/C=C/c2ccc3cc(OC(=O)C(=C)C)ccc3c2)cc(OC(=O)C(=C)C)c1. The van der Waals surface area contributed by atoms with Gasteiger partial charge in [-0.05, 0) is 54.5 Å². The average molecular weight is 513 g/mol. The van der Waals surface area contributed by atoms with Gasteiger partial charge in [0, 0.05) is 41.5 Å². The van der Waals surface area contributed by atoms with Crippen molar-refractivity contribution in [2.75, 3.05) is 0 Å². The van der Waals surface area contributed by atoms with E-state index in [0.29, 0.717) is 16.9 Å². The first-order valence-electron chi connectivity index (χ1n) is 11.2. The van der Waals surface area contributed by atoms with Crippen LogP contribution in [0.15, 0.2) is 97.6 Å².